The fourth-order valence-electron chi connectivity index (χ4n) is 3.50. The van der Waals surface area contributed by atoms with E-state index in [1.807, 2.05) is 13.8 Å². The lowest BCUT2D eigenvalue weighted by atomic mass is 10.1. The minimum Gasteiger partial charge on any atom is -0.502 e. The van der Waals surface area contributed by atoms with Crippen molar-refractivity contribution in [1.29, 1.82) is 0 Å². The van der Waals surface area contributed by atoms with E-state index in [4.69, 9.17) is 11.6 Å². The number of hydrogen-bond donors (Lipinski definition) is 1. The van der Waals surface area contributed by atoms with Crippen molar-refractivity contribution in [1.82, 2.24) is 10.2 Å². The van der Waals surface area contributed by atoms with Gasteiger partial charge in [-0.25, -0.2) is 8.42 Å². The largest absolute Gasteiger partial charge is 0.502 e. The van der Waals surface area contributed by atoms with Crippen LogP contribution >= 0.6 is 22.9 Å². The van der Waals surface area contributed by atoms with Crippen LogP contribution in [0.2, 0.25) is 5.02 Å². The molecule has 32 heavy (non-hydrogen) atoms. The van der Waals surface area contributed by atoms with Gasteiger partial charge in [-0.2, -0.15) is 0 Å². The Kier molecular flexibility index (Phi) is 6.07. The normalized spacial score (nSPS) is 16.8. The van der Waals surface area contributed by atoms with E-state index in [1.165, 1.54) is 28.4 Å². The van der Waals surface area contributed by atoms with Crippen LogP contribution in [0.5, 0.6) is 0 Å². The lowest BCUT2D eigenvalue weighted by Gasteiger charge is -2.24. The number of amides is 1. The average Bonchev–Trinajstić information content (AvgIpc) is 3.32. The quantitative estimate of drug-likeness (QED) is 0.534. The van der Waals surface area contributed by atoms with Gasteiger partial charge in [0.25, 0.3) is 5.91 Å². The van der Waals surface area contributed by atoms with Gasteiger partial charge in [-0.1, -0.05) is 59.7 Å². The highest BCUT2D eigenvalue weighted by Crippen LogP contribution is 2.45. The third-order valence-corrected chi connectivity index (χ3v) is 8.22. The molecule has 0 saturated heterocycles. The van der Waals surface area contributed by atoms with E-state index in [1.54, 1.807) is 36.4 Å². The maximum atomic E-state index is 13.6. The standard InChI is InChI=1S/C22H20ClN3O4S2/c1-3-4-17-24-25-22(31-17)26-18(14-7-9-15(23)10-8-14)20(19(27)21(26)28)32(29,30)16-11-5-13(2)6-12-16/h5-12,18,27H,3-4H2,1-2H3/t18-/m0/s1. The fourth-order valence-corrected chi connectivity index (χ4v) is 6.22. The van der Waals surface area contributed by atoms with Crippen molar-refractivity contribution in [2.75, 3.05) is 4.90 Å². The molecule has 1 aliphatic rings. The summed E-state index contributed by atoms with van der Waals surface area (Å²) in [6, 6.07) is 11.6. The summed E-state index contributed by atoms with van der Waals surface area (Å²) in [4.78, 5) is 13.9. The molecule has 2 aromatic carbocycles. The minimum atomic E-state index is -4.20. The summed E-state index contributed by atoms with van der Waals surface area (Å²) in [5, 5.41) is 20.4. The highest BCUT2D eigenvalue weighted by atomic mass is 35.5. The predicted octanol–water partition coefficient (Wildman–Crippen LogP) is 4.78. The van der Waals surface area contributed by atoms with Crippen LogP contribution in [-0.4, -0.2) is 29.6 Å². The number of carbonyl (C=O) groups excluding carboxylic acids is 1. The van der Waals surface area contributed by atoms with Crippen LogP contribution in [0.3, 0.4) is 0 Å². The Hall–Kier alpha value is -2.75. The van der Waals surface area contributed by atoms with Crippen LogP contribution in [0.1, 0.15) is 35.5 Å². The summed E-state index contributed by atoms with van der Waals surface area (Å²) in [6.07, 6.45) is 1.53. The summed E-state index contributed by atoms with van der Waals surface area (Å²) in [5.74, 6) is -1.66. The molecule has 2 heterocycles. The van der Waals surface area contributed by atoms with Crippen molar-refractivity contribution in [2.45, 2.75) is 37.6 Å². The zero-order valence-electron chi connectivity index (χ0n) is 17.3. The summed E-state index contributed by atoms with van der Waals surface area (Å²) in [5.41, 5.74) is 1.36. The number of benzene rings is 2. The van der Waals surface area contributed by atoms with Gasteiger partial charge < -0.3 is 5.11 Å². The molecule has 1 atom stereocenters. The third-order valence-electron chi connectivity index (χ3n) is 5.09. The van der Waals surface area contributed by atoms with E-state index in [0.717, 1.165) is 17.0 Å². The van der Waals surface area contributed by atoms with Gasteiger partial charge in [0.05, 0.1) is 4.90 Å². The molecule has 0 radical (unpaired) electrons. The Labute approximate surface area is 194 Å². The molecule has 7 nitrogen and oxygen atoms in total. The van der Waals surface area contributed by atoms with E-state index >= 15 is 0 Å². The van der Waals surface area contributed by atoms with Gasteiger partial charge in [-0.3, -0.25) is 9.69 Å². The topological polar surface area (TPSA) is 100 Å². The lowest BCUT2D eigenvalue weighted by Crippen LogP contribution is -2.31. The summed E-state index contributed by atoms with van der Waals surface area (Å²) >= 11 is 7.22. The van der Waals surface area contributed by atoms with Crippen LogP contribution in [-0.2, 0) is 21.1 Å². The second kappa shape index (κ2) is 8.65. The first-order valence-electron chi connectivity index (χ1n) is 9.90. The van der Waals surface area contributed by atoms with E-state index in [-0.39, 0.29) is 14.9 Å². The molecular weight excluding hydrogens is 470 g/mol. The van der Waals surface area contributed by atoms with Crippen molar-refractivity contribution in [3.05, 3.63) is 80.4 Å². The molecule has 0 bridgehead atoms. The number of aliphatic hydroxyl groups is 1. The van der Waals surface area contributed by atoms with Crippen molar-refractivity contribution >= 4 is 43.8 Å². The van der Waals surface area contributed by atoms with Gasteiger partial charge in [0.15, 0.2) is 5.76 Å². The zero-order chi connectivity index (χ0) is 23.0. The highest BCUT2D eigenvalue weighted by molar-refractivity contribution is 7.95. The van der Waals surface area contributed by atoms with Gasteiger partial charge in [-0.15, -0.1) is 10.2 Å². The molecule has 1 aromatic heterocycles. The van der Waals surface area contributed by atoms with Crippen LogP contribution in [0.4, 0.5) is 5.13 Å². The van der Waals surface area contributed by atoms with Crippen molar-refractivity contribution in [3.63, 3.8) is 0 Å². The molecule has 1 amide bonds. The number of sulfone groups is 1. The highest BCUT2D eigenvalue weighted by Gasteiger charge is 2.48. The Balaban J connectivity index is 1.89. The molecule has 166 valence electrons. The molecule has 1 aliphatic heterocycles. The second-order valence-corrected chi connectivity index (χ2v) is 10.8. The van der Waals surface area contributed by atoms with Crippen LogP contribution in [0.25, 0.3) is 0 Å². The van der Waals surface area contributed by atoms with Gasteiger partial charge >= 0.3 is 0 Å². The number of anilines is 1. The smallest absolute Gasteiger partial charge is 0.296 e. The zero-order valence-corrected chi connectivity index (χ0v) is 19.7. The molecule has 3 aromatic rings. The Morgan fingerprint density at radius 3 is 2.38 bits per heavy atom. The monoisotopic (exact) mass is 489 g/mol. The minimum absolute atomic E-state index is 0.0119. The third kappa shape index (κ3) is 3.92. The summed E-state index contributed by atoms with van der Waals surface area (Å²) in [6.45, 7) is 3.84. The lowest BCUT2D eigenvalue weighted by molar-refractivity contribution is -0.117. The molecule has 0 aliphatic carbocycles. The molecule has 0 saturated carbocycles. The van der Waals surface area contributed by atoms with Crippen LogP contribution < -0.4 is 4.90 Å². The number of rotatable bonds is 6. The number of aryl methyl sites for hydroxylation is 2. The summed E-state index contributed by atoms with van der Waals surface area (Å²) < 4.78 is 27.2. The molecule has 0 unspecified atom stereocenters. The van der Waals surface area contributed by atoms with E-state index < -0.39 is 27.5 Å². The maximum absolute atomic E-state index is 13.6. The number of nitrogens with zero attached hydrogens (tertiary/aromatic N) is 3. The van der Waals surface area contributed by atoms with Crippen LogP contribution in [0, 0.1) is 6.92 Å². The second-order valence-electron chi connectivity index (χ2n) is 7.39. The molecular formula is C22H20ClN3O4S2. The molecule has 0 spiro atoms. The van der Waals surface area contributed by atoms with Crippen molar-refractivity contribution in [3.8, 4) is 0 Å². The molecule has 0 fully saturated rings. The molecule has 10 heteroatoms. The van der Waals surface area contributed by atoms with E-state index in [2.05, 4.69) is 10.2 Å². The first kappa shape index (κ1) is 22.4. The molecule has 4 rings (SSSR count). The van der Waals surface area contributed by atoms with Crippen LogP contribution in [0.15, 0.2) is 64.1 Å². The average molecular weight is 490 g/mol. The number of hydrogen-bond acceptors (Lipinski definition) is 7. The predicted molar refractivity (Wildman–Crippen MR) is 124 cm³/mol. The Bertz CT molecular complexity index is 1300. The van der Waals surface area contributed by atoms with Crippen molar-refractivity contribution < 1.29 is 18.3 Å². The number of aliphatic hydroxyl groups excluding tert-OH is 1. The van der Waals surface area contributed by atoms with Crippen molar-refractivity contribution in [2.24, 2.45) is 0 Å². The number of halogens is 1. The summed E-state index contributed by atoms with van der Waals surface area (Å²) in [7, 11) is -4.20. The first-order chi connectivity index (χ1) is 15.2. The number of aromatic nitrogens is 2. The van der Waals surface area contributed by atoms with Gasteiger partial charge in [0.1, 0.15) is 16.0 Å². The maximum Gasteiger partial charge on any atom is 0.296 e. The SMILES string of the molecule is CCCc1nnc(N2C(=O)C(O)=C(S(=O)(=O)c3ccc(C)cc3)[C@@H]2c2ccc(Cl)cc2)s1. The number of carbonyl (C=O) groups is 1. The Morgan fingerprint density at radius 2 is 1.75 bits per heavy atom. The Morgan fingerprint density at radius 1 is 1.09 bits per heavy atom. The van der Waals surface area contributed by atoms with Gasteiger partial charge in [-0.05, 0) is 43.2 Å². The first-order valence-corrected chi connectivity index (χ1v) is 12.6. The van der Waals surface area contributed by atoms with Gasteiger partial charge in [0.2, 0.25) is 15.0 Å². The van der Waals surface area contributed by atoms with E-state index in [9.17, 15) is 18.3 Å². The molecule has 1 N–H and O–H groups in total. The van der Waals surface area contributed by atoms with Gasteiger partial charge in [0, 0.05) is 11.4 Å². The fraction of sp³-hybridized carbons (Fsp3) is 0.227. The van der Waals surface area contributed by atoms with E-state index in [0.29, 0.717) is 17.0 Å².